The molecule has 1 unspecified atom stereocenters. The van der Waals surface area contributed by atoms with Gasteiger partial charge in [-0.05, 0) is 24.3 Å². The molecule has 0 aliphatic carbocycles. The van der Waals surface area contributed by atoms with Crippen molar-refractivity contribution in [2.45, 2.75) is 6.92 Å². The molecule has 0 radical (unpaired) electrons. The van der Waals surface area contributed by atoms with Crippen LogP contribution in [0.25, 0.3) is 0 Å². The van der Waals surface area contributed by atoms with E-state index in [4.69, 9.17) is 10.2 Å². The Labute approximate surface area is 99.3 Å². The van der Waals surface area contributed by atoms with Gasteiger partial charge in [-0.15, -0.1) is 0 Å². The van der Waals surface area contributed by atoms with Crippen molar-refractivity contribution >= 4 is 17.6 Å². The van der Waals surface area contributed by atoms with Crippen LogP contribution < -0.4 is 4.90 Å². The molecular weight excluding hydrogens is 222 g/mol. The molecule has 1 aromatic rings. The SMILES string of the molecule is CC(CN(C)c1ccc(C(=O)O)cc1)C(=O)O. The molecule has 5 nitrogen and oxygen atoms in total. The largest absolute Gasteiger partial charge is 0.481 e. The molecule has 1 atom stereocenters. The molecule has 0 saturated heterocycles. The molecule has 92 valence electrons. The van der Waals surface area contributed by atoms with Crippen LogP contribution in [0.15, 0.2) is 24.3 Å². The number of benzene rings is 1. The van der Waals surface area contributed by atoms with Crippen molar-refractivity contribution in [2.24, 2.45) is 5.92 Å². The lowest BCUT2D eigenvalue weighted by Crippen LogP contribution is -2.28. The van der Waals surface area contributed by atoms with Crippen molar-refractivity contribution in [1.82, 2.24) is 0 Å². The smallest absolute Gasteiger partial charge is 0.335 e. The normalized spacial score (nSPS) is 11.9. The van der Waals surface area contributed by atoms with Crippen LogP contribution >= 0.6 is 0 Å². The summed E-state index contributed by atoms with van der Waals surface area (Å²) in [6.45, 7) is 2.01. The summed E-state index contributed by atoms with van der Waals surface area (Å²) in [6, 6.07) is 6.33. The van der Waals surface area contributed by atoms with Gasteiger partial charge in [-0.3, -0.25) is 4.79 Å². The number of carboxylic acids is 2. The molecule has 2 N–H and O–H groups in total. The highest BCUT2D eigenvalue weighted by molar-refractivity contribution is 5.88. The molecule has 0 aliphatic rings. The summed E-state index contributed by atoms with van der Waals surface area (Å²) in [7, 11) is 1.77. The first kappa shape index (κ1) is 13.0. The van der Waals surface area contributed by atoms with Gasteiger partial charge >= 0.3 is 11.9 Å². The molecule has 0 spiro atoms. The van der Waals surface area contributed by atoms with Gasteiger partial charge in [0.15, 0.2) is 0 Å². The van der Waals surface area contributed by atoms with Gasteiger partial charge in [0.25, 0.3) is 0 Å². The van der Waals surface area contributed by atoms with E-state index < -0.39 is 17.9 Å². The van der Waals surface area contributed by atoms with Crippen molar-refractivity contribution in [3.8, 4) is 0 Å². The lowest BCUT2D eigenvalue weighted by Gasteiger charge is -2.21. The number of hydrogen-bond acceptors (Lipinski definition) is 3. The van der Waals surface area contributed by atoms with E-state index in [0.717, 1.165) is 5.69 Å². The number of hydrogen-bond donors (Lipinski definition) is 2. The summed E-state index contributed by atoms with van der Waals surface area (Å²) in [4.78, 5) is 23.1. The third-order valence-electron chi connectivity index (χ3n) is 2.52. The van der Waals surface area contributed by atoms with Crippen LogP contribution in [-0.4, -0.2) is 35.7 Å². The molecule has 0 saturated carbocycles. The first-order chi connectivity index (χ1) is 7.91. The third kappa shape index (κ3) is 3.48. The second kappa shape index (κ2) is 5.34. The van der Waals surface area contributed by atoms with E-state index in [0.29, 0.717) is 6.54 Å². The maximum atomic E-state index is 10.7. The van der Waals surface area contributed by atoms with Crippen LogP contribution in [-0.2, 0) is 4.79 Å². The highest BCUT2D eigenvalue weighted by Crippen LogP contribution is 2.15. The predicted molar refractivity (Wildman–Crippen MR) is 63.5 cm³/mol. The zero-order valence-corrected chi connectivity index (χ0v) is 9.75. The van der Waals surface area contributed by atoms with Gasteiger partial charge in [0.1, 0.15) is 0 Å². The van der Waals surface area contributed by atoms with Crippen molar-refractivity contribution in [1.29, 1.82) is 0 Å². The second-order valence-electron chi connectivity index (χ2n) is 3.97. The Kier molecular flexibility index (Phi) is 4.09. The minimum absolute atomic E-state index is 0.216. The Morgan fingerprint density at radius 3 is 2.18 bits per heavy atom. The second-order valence-corrected chi connectivity index (χ2v) is 3.97. The Bertz CT molecular complexity index is 413. The van der Waals surface area contributed by atoms with E-state index >= 15 is 0 Å². The molecular formula is C12H15NO4. The fourth-order valence-electron chi connectivity index (χ4n) is 1.45. The summed E-state index contributed by atoms with van der Waals surface area (Å²) in [5.74, 6) is -2.30. The van der Waals surface area contributed by atoms with Gasteiger partial charge in [0, 0.05) is 19.3 Å². The van der Waals surface area contributed by atoms with Crippen LogP contribution in [0.5, 0.6) is 0 Å². The predicted octanol–water partition coefficient (Wildman–Crippen LogP) is 1.54. The first-order valence-electron chi connectivity index (χ1n) is 5.19. The minimum atomic E-state index is -0.974. The summed E-state index contributed by atoms with van der Waals surface area (Å²) in [6.07, 6.45) is 0. The van der Waals surface area contributed by atoms with Crippen molar-refractivity contribution in [2.75, 3.05) is 18.5 Å². The maximum absolute atomic E-state index is 10.7. The number of aliphatic carboxylic acids is 1. The number of rotatable bonds is 5. The zero-order chi connectivity index (χ0) is 13.0. The van der Waals surface area contributed by atoms with E-state index in [1.54, 1.807) is 31.0 Å². The topological polar surface area (TPSA) is 77.8 Å². The summed E-state index contributed by atoms with van der Waals surface area (Å²) in [5.41, 5.74) is 1.01. The molecule has 0 aliphatic heterocycles. The average molecular weight is 237 g/mol. The van der Waals surface area contributed by atoms with E-state index in [-0.39, 0.29) is 5.56 Å². The summed E-state index contributed by atoms with van der Waals surface area (Å²) in [5, 5.41) is 17.5. The van der Waals surface area contributed by atoms with E-state index in [1.165, 1.54) is 12.1 Å². The maximum Gasteiger partial charge on any atom is 0.335 e. The fraction of sp³-hybridized carbons (Fsp3) is 0.333. The summed E-state index contributed by atoms with van der Waals surface area (Å²) < 4.78 is 0. The summed E-state index contributed by atoms with van der Waals surface area (Å²) >= 11 is 0. The molecule has 1 aromatic carbocycles. The van der Waals surface area contributed by atoms with Gasteiger partial charge in [0.2, 0.25) is 0 Å². The zero-order valence-electron chi connectivity index (χ0n) is 9.75. The molecule has 17 heavy (non-hydrogen) atoms. The Morgan fingerprint density at radius 2 is 1.76 bits per heavy atom. The Balaban J connectivity index is 2.73. The quantitative estimate of drug-likeness (QED) is 0.812. The molecule has 5 heteroatoms. The third-order valence-corrected chi connectivity index (χ3v) is 2.52. The van der Waals surface area contributed by atoms with Gasteiger partial charge in [0.05, 0.1) is 11.5 Å². The molecule has 0 aromatic heterocycles. The van der Waals surface area contributed by atoms with Crippen molar-refractivity contribution in [3.05, 3.63) is 29.8 Å². The van der Waals surface area contributed by atoms with Crippen LogP contribution in [0.1, 0.15) is 17.3 Å². The Hall–Kier alpha value is -2.04. The average Bonchev–Trinajstić information content (AvgIpc) is 2.28. The number of carboxylic acid groups (broad SMARTS) is 2. The van der Waals surface area contributed by atoms with Crippen LogP contribution in [0.4, 0.5) is 5.69 Å². The lowest BCUT2D eigenvalue weighted by atomic mass is 10.1. The van der Waals surface area contributed by atoms with Crippen LogP contribution in [0, 0.1) is 5.92 Å². The highest BCUT2D eigenvalue weighted by atomic mass is 16.4. The van der Waals surface area contributed by atoms with Crippen molar-refractivity contribution < 1.29 is 19.8 Å². The Morgan fingerprint density at radius 1 is 1.24 bits per heavy atom. The monoisotopic (exact) mass is 237 g/mol. The molecule has 0 bridgehead atoms. The molecule has 0 heterocycles. The van der Waals surface area contributed by atoms with Gasteiger partial charge in [-0.1, -0.05) is 6.92 Å². The van der Waals surface area contributed by atoms with E-state index in [9.17, 15) is 9.59 Å². The first-order valence-corrected chi connectivity index (χ1v) is 5.19. The fourth-order valence-corrected chi connectivity index (χ4v) is 1.45. The number of aromatic carboxylic acids is 1. The van der Waals surface area contributed by atoms with Crippen LogP contribution in [0.2, 0.25) is 0 Å². The van der Waals surface area contributed by atoms with Crippen LogP contribution in [0.3, 0.4) is 0 Å². The van der Waals surface area contributed by atoms with Gasteiger partial charge in [-0.2, -0.15) is 0 Å². The number of carbonyl (C=O) groups is 2. The number of anilines is 1. The van der Waals surface area contributed by atoms with E-state index in [1.807, 2.05) is 0 Å². The van der Waals surface area contributed by atoms with Gasteiger partial charge < -0.3 is 15.1 Å². The highest BCUT2D eigenvalue weighted by Gasteiger charge is 2.14. The number of nitrogens with zero attached hydrogens (tertiary/aromatic N) is 1. The molecule has 0 amide bonds. The minimum Gasteiger partial charge on any atom is -0.481 e. The molecule has 0 fully saturated rings. The lowest BCUT2D eigenvalue weighted by molar-refractivity contribution is -0.140. The van der Waals surface area contributed by atoms with Crippen molar-refractivity contribution in [3.63, 3.8) is 0 Å². The van der Waals surface area contributed by atoms with Gasteiger partial charge in [-0.25, -0.2) is 4.79 Å². The standard InChI is InChI=1S/C12H15NO4/c1-8(11(14)15)7-13(2)10-5-3-9(4-6-10)12(16)17/h3-6,8H,7H2,1-2H3,(H,14,15)(H,16,17). The molecule has 1 rings (SSSR count). The van der Waals surface area contributed by atoms with E-state index in [2.05, 4.69) is 0 Å².